The van der Waals surface area contributed by atoms with Gasteiger partial charge in [-0.25, -0.2) is 18.4 Å². The van der Waals surface area contributed by atoms with Gasteiger partial charge in [0.1, 0.15) is 16.2 Å². The standard InChI is InChI=1S/C24H21N3O6S/c1-33-21-15(10-6-12-17(21)24(29)30)9-5-11-16-13-18(14-7-3-2-4-8-14)20(25)19(23(26)28)22(16)34(27,31)32/h2-4,6-8,10,12-13H,9,25H2,1H3,(H2,26,28)(H,29,30)(H2,27,31,32). The zero-order chi connectivity index (χ0) is 25.0. The second kappa shape index (κ2) is 9.66. The van der Waals surface area contributed by atoms with Crippen LogP contribution in [-0.2, 0) is 16.4 Å². The molecule has 7 N–H and O–H groups in total. The summed E-state index contributed by atoms with van der Waals surface area (Å²) in [4.78, 5) is 23.1. The number of methoxy groups -OCH3 is 1. The van der Waals surface area contributed by atoms with Gasteiger partial charge in [-0.15, -0.1) is 0 Å². The predicted octanol–water partition coefficient (Wildman–Crippen LogP) is 1.98. The van der Waals surface area contributed by atoms with Crippen molar-refractivity contribution in [1.82, 2.24) is 0 Å². The highest BCUT2D eigenvalue weighted by Crippen LogP contribution is 2.35. The van der Waals surface area contributed by atoms with Crippen LogP contribution in [-0.4, -0.2) is 32.5 Å². The van der Waals surface area contributed by atoms with E-state index >= 15 is 0 Å². The van der Waals surface area contributed by atoms with E-state index in [1.165, 1.54) is 19.2 Å². The lowest BCUT2D eigenvalue weighted by Crippen LogP contribution is -2.24. The van der Waals surface area contributed by atoms with Crippen LogP contribution in [0, 0.1) is 11.8 Å². The van der Waals surface area contributed by atoms with E-state index in [4.69, 9.17) is 21.3 Å². The molecule has 10 heteroatoms. The Morgan fingerprint density at radius 2 is 1.76 bits per heavy atom. The van der Waals surface area contributed by atoms with Crippen molar-refractivity contribution >= 4 is 27.6 Å². The van der Waals surface area contributed by atoms with Crippen LogP contribution in [0.3, 0.4) is 0 Å². The summed E-state index contributed by atoms with van der Waals surface area (Å²) in [6, 6.07) is 14.7. The molecule has 0 radical (unpaired) electrons. The fourth-order valence-electron chi connectivity index (χ4n) is 3.54. The number of ether oxygens (including phenoxy) is 1. The van der Waals surface area contributed by atoms with E-state index < -0.39 is 32.4 Å². The lowest BCUT2D eigenvalue weighted by atomic mass is 9.96. The maximum Gasteiger partial charge on any atom is 0.339 e. The zero-order valence-corrected chi connectivity index (χ0v) is 18.8. The van der Waals surface area contributed by atoms with Crippen LogP contribution in [0.1, 0.15) is 31.8 Å². The van der Waals surface area contributed by atoms with Gasteiger partial charge in [0.15, 0.2) is 0 Å². The molecule has 0 aliphatic rings. The number of amides is 1. The monoisotopic (exact) mass is 479 g/mol. The van der Waals surface area contributed by atoms with Gasteiger partial charge in [0.2, 0.25) is 10.0 Å². The smallest absolute Gasteiger partial charge is 0.339 e. The van der Waals surface area contributed by atoms with Crippen molar-refractivity contribution in [3.8, 4) is 28.7 Å². The predicted molar refractivity (Wildman–Crippen MR) is 127 cm³/mol. The molecule has 174 valence electrons. The Morgan fingerprint density at radius 3 is 2.32 bits per heavy atom. The molecule has 0 bridgehead atoms. The van der Waals surface area contributed by atoms with Crippen LogP contribution in [0.2, 0.25) is 0 Å². The minimum atomic E-state index is -4.44. The number of hydrogen-bond acceptors (Lipinski definition) is 6. The van der Waals surface area contributed by atoms with Crippen LogP contribution in [0.5, 0.6) is 5.75 Å². The highest BCUT2D eigenvalue weighted by atomic mass is 32.2. The van der Waals surface area contributed by atoms with Crippen LogP contribution < -0.4 is 21.3 Å². The van der Waals surface area contributed by atoms with Gasteiger partial charge in [0, 0.05) is 23.1 Å². The first-order chi connectivity index (χ1) is 16.1. The minimum Gasteiger partial charge on any atom is -0.496 e. The fourth-order valence-corrected chi connectivity index (χ4v) is 4.45. The number of carbonyl (C=O) groups excluding carboxylic acids is 1. The van der Waals surface area contributed by atoms with Gasteiger partial charge in [-0.1, -0.05) is 54.3 Å². The number of aromatic carboxylic acids is 1. The molecule has 0 aliphatic heterocycles. The number of benzene rings is 3. The van der Waals surface area contributed by atoms with Gasteiger partial charge in [0.25, 0.3) is 5.91 Å². The highest BCUT2D eigenvalue weighted by Gasteiger charge is 2.27. The summed E-state index contributed by atoms with van der Waals surface area (Å²) in [5.74, 6) is 3.42. The molecule has 0 aromatic heterocycles. The summed E-state index contributed by atoms with van der Waals surface area (Å²) in [5, 5.41) is 14.7. The normalized spacial score (nSPS) is 10.8. The number of nitrogens with two attached hydrogens (primary N) is 3. The Bertz CT molecular complexity index is 1460. The molecule has 0 saturated carbocycles. The third kappa shape index (κ3) is 4.85. The minimum absolute atomic E-state index is 0.0192. The highest BCUT2D eigenvalue weighted by molar-refractivity contribution is 7.89. The number of carboxylic acid groups (broad SMARTS) is 1. The number of rotatable bonds is 6. The van der Waals surface area contributed by atoms with E-state index in [9.17, 15) is 23.1 Å². The summed E-state index contributed by atoms with van der Waals surface area (Å²) in [6.07, 6.45) is 0.0192. The number of nitrogen functional groups attached to an aromatic ring is 1. The number of carboxylic acids is 1. The van der Waals surface area contributed by atoms with E-state index in [2.05, 4.69) is 11.8 Å². The molecule has 0 aliphatic carbocycles. The van der Waals surface area contributed by atoms with E-state index in [0.717, 1.165) is 0 Å². The van der Waals surface area contributed by atoms with Crippen molar-refractivity contribution in [3.05, 3.63) is 76.9 Å². The number of anilines is 1. The summed E-state index contributed by atoms with van der Waals surface area (Å²) >= 11 is 0. The van der Waals surface area contributed by atoms with Gasteiger partial charge >= 0.3 is 5.97 Å². The SMILES string of the molecule is COc1c(CC#Cc2cc(-c3ccccc3)c(N)c(C(N)=O)c2S(N)(=O)=O)cccc1C(=O)O. The van der Waals surface area contributed by atoms with Gasteiger partial charge < -0.3 is 21.3 Å². The molecule has 0 atom stereocenters. The molecule has 9 nitrogen and oxygen atoms in total. The van der Waals surface area contributed by atoms with E-state index in [0.29, 0.717) is 16.7 Å². The van der Waals surface area contributed by atoms with Crippen molar-refractivity contribution in [2.45, 2.75) is 11.3 Å². The second-order valence-electron chi connectivity index (χ2n) is 7.15. The third-order valence-electron chi connectivity index (χ3n) is 4.97. The zero-order valence-electron chi connectivity index (χ0n) is 18.0. The van der Waals surface area contributed by atoms with Crippen LogP contribution in [0.15, 0.2) is 59.5 Å². The third-order valence-corrected chi connectivity index (χ3v) is 5.96. The largest absolute Gasteiger partial charge is 0.496 e. The van der Waals surface area contributed by atoms with Gasteiger partial charge in [-0.2, -0.15) is 0 Å². The number of sulfonamides is 1. The summed E-state index contributed by atoms with van der Waals surface area (Å²) < 4.78 is 30.0. The quantitative estimate of drug-likeness (QED) is 0.308. The Labute approximate surface area is 196 Å². The summed E-state index contributed by atoms with van der Waals surface area (Å²) in [5.41, 5.74) is 12.4. The van der Waals surface area contributed by atoms with Crippen molar-refractivity contribution < 1.29 is 27.9 Å². The van der Waals surface area contributed by atoms with Crippen LogP contribution in [0.25, 0.3) is 11.1 Å². The molecular weight excluding hydrogens is 458 g/mol. The Kier molecular flexibility index (Phi) is 6.91. The lowest BCUT2D eigenvalue weighted by molar-refractivity contribution is 0.0693. The molecule has 34 heavy (non-hydrogen) atoms. The summed E-state index contributed by atoms with van der Waals surface area (Å²) in [7, 11) is -3.11. The first-order valence-corrected chi connectivity index (χ1v) is 11.3. The number of para-hydroxylation sites is 1. The fraction of sp³-hybridized carbons (Fsp3) is 0.0833. The van der Waals surface area contributed by atoms with E-state index in [1.54, 1.807) is 42.5 Å². The Morgan fingerprint density at radius 1 is 1.09 bits per heavy atom. The maximum atomic E-state index is 12.4. The van der Waals surface area contributed by atoms with Gasteiger partial charge in [0.05, 0.1) is 18.4 Å². The lowest BCUT2D eigenvalue weighted by Gasteiger charge is -2.15. The number of primary amides is 1. The number of hydrogen-bond donors (Lipinski definition) is 4. The Hall–Kier alpha value is -4.33. The molecule has 0 heterocycles. The van der Waals surface area contributed by atoms with Crippen LogP contribution in [0.4, 0.5) is 5.69 Å². The van der Waals surface area contributed by atoms with Crippen molar-refractivity contribution in [2.75, 3.05) is 12.8 Å². The van der Waals surface area contributed by atoms with Gasteiger partial charge in [-0.3, -0.25) is 4.79 Å². The second-order valence-corrected chi connectivity index (χ2v) is 8.64. The molecule has 1 amide bonds. The average molecular weight is 480 g/mol. The topological polar surface area (TPSA) is 176 Å². The van der Waals surface area contributed by atoms with Crippen molar-refractivity contribution in [2.24, 2.45) is 10.9 Å². The molecule has 3 aromatic carbocycles. The Balaban J connectivity index is 2.23. The average Bonchev–Trinajstić information content (AvgIpc) is 2.78. The molecule has 0 saturated heterocycles. The van der Waals surface area contributed by atoms with E-state index in [1.807, 2.05) is 0 Å². The molecule has 3 rings (SSSR count). The van der Waals surface area contributed by atoms with Crippen molar-refractivity contribution in [1.29, 1.82) is 0 Å². The maximum absolute atomic E-state index is 12.4. The molecule has 0 unspecified atom stereocenters. The van der Waals surface area contributed by atoms with Gasteiger partial charge in [-0.05, 0) is 17.7 Å². The number of carbonyl (C=O) groups is 2. The molecule has 3 aromatic rings. The summed E-state index contributed by atoms with van der Waals surface area (Å²) in [6.45, 7) is 0. The first-order valence-electron chi connectivity index (χ1n) is 9.78. The molecule has 0 spiro atoms. The number of primary sulfonamides is 1. The molecular formula is C24H21N3O6S. The van der Waals surface area contributed by atoms with Crippen molar-refractivity contribution in [3.63, 3.8) is 0 Å². The molecule has 0 fully saturated rings. The first kappa shape index (κ1) is 24.3. The van der Waals surface area contributed by atoms with E-state index in [-0.39, 0.29) is 29.0 Å². The van der Waals surface area contributed by atoms with Crippen LogP contribution >= 0.6 is 0 Å².